The number of rotatable bonds is 9. The van der Waals surface area contributed by atoms with E-state index in [4.69, 9.17) is 10.8 Å². The third kappa shape index (κ3) is 4.40. The Hall–Kier alpha value is -1.35. The lowest BCUT2D eigenvalue weighted by Crippen LogP contribution is -2.67. The second kappa shape index (κ2) is 8.41. The predicted molar refractivity (Wildman–Crippen MR) is 103 cm³/mol. The van der Waals surface area contributed by atoms with E-state index in [2.05, 4.69) is 0 Å². The Morgan fingerprint density at radius 2 is 1.83 bits per heavy atom. The van der Waals surface area contributed by atoms with Crippen molar-refractivity contribution in [3.63, 3.8) is 0 Å². The van der Waals surface area contributed by atoms with Gasteiger partial charge in [0.05, 0.1) is 11.0 Å². The molecule has 0 aromatic heterocycles. The maximum absolute atomic E-state index is 15.3. The highest BCUT2D eigenvalue weighted by molar-refractivity contribution is 7.99. The molecule has 1 aromatic rings. The molecule has 0 heterocycles. The molecule has 0 saturated heterocycles. The predicted octanol–water partition coefficient (Wildman–Crippen LogP) is 5.32. The van der Waals surface area contributed by atoms with Crippen LogP contribution >= 0.6 is 11.8 Å². The topological polar surface area (TPSA) is 63.3 Å². The van der Waals surface area contributed by atoms with Crippen molar-refractivity contribution >= 4 is 17.7 Å². The zero-order valence-electron chi connectivity index (χ0n) is 16.4. The van der Waals surface area contributed by atoms with Crippen LogP contribution in [0.2, 0.25) is 0 Å². The van der Waals surface area contributed by atoms with Crippen LogP contribution in [0.25, 0.3) is 0 Å². The fraction of sp³-hybridized carbons (Fsp3) is 0.650. The van der Waals surface area contributed by atoms with Gasteiger partial charge in [0.2, 0.25) is 0 Å². The minimum atomic E-state index is -4.50. The molecule has 0 spiro atoms. The molecule has 0 radical (unpaired) electrons. The first kappa shape index (κ1) is 23.9. The Morgan fingerprint density at radius 3 is 2.28 bits per heavy atom. The maximum atomic E-state index is 15.3. The number of nitrogens with two attached hydrogens (primary N) is 1. The van der Waals surface area contributed by atoms with Gasteiger partial charge in [0.25, 0.3) is 5.92 Å². The molecule has 3 unspecified atom stereocenters. The van der Waals surface area contributed by atoms with Crippen LogP contribution < -0.4 is 5.73 Å². The number of aliphatic carboxylic acids is 1. The van der Waals surface area contributed by atoms with Gasteiger partial charge in [-0.15, -0.1) is 0 Å². The van der Waals surface area contributed by atoms with E-state index in [0.29, 0.717) is 11.5 Å². The Bertz CT molecular complexity index is 725. The molecule has 2 rings (SSSR count). The summed E-state index contributed by atoms with van der Waals surface area (Å²) in [5.74, 6) is -3.24. The molecule has 3 N–H and O–H groups in total. The summed E-state index contributed by atoms with van der Waals surface area (Å²) in [5.41, 5.74) is 2.05. The lowest BCUT2D eigenvalue weighted by Gasteiger charge is -2.61. The van der Waals surface area contributed by atoms with Gasteiger partial charge in [-0.2, -0.15) is 24.9 Å². The van der Waals surface area contributed by atoms with Crippen LogP contribution in [-0.4, -0.2) is 34.5 Å². The van der Waals surface area contributed by atoms with Crippen molar-refractivity contribution in [3.8, 4) is 0 Å². The molecule has 9 heteroatoms. The fourth-order valence-electron chi connectivity index (χ4n) is 4.16. The number of hydrogen-bond donors (Lipinski definition) is 2. The van der Waals surface area contributed by atoms with Gasteiger partial charge in [-0.05, 0) is 61.8 Å². The summed E-state index contributed by atoms with van der Waals surface area (Å²) in [6.07, 6.45) is -3.55. The molecule has 29 heavy (non-hydrogen) atoms. The van der Waals surface area contributed by atoms with Crippen molar-refractivity contribution in [1.29, 1.82) is 0 Å². The zero-order valence-corrected chi connectivity index (χ0v) is 17.2. The molecule has 1 saturated carbocycles. The van der Waals surface area contributed by atoms with Gasteiger partial charge in [0.1, 0.15) is 6.04 Å². The van der Waals surface area contributed by atoms with Crippen LogP contribution in [0.15, 0.2) is 24.3 Å². The third-order valence-electron chi connectivity index (χ3n) is 6.19. The molecule has 1 fully saturated rings. The average molecular weight is 439 g/mol. The molecule has 1 aliphatic carbocycles. The number of alkyl halides is 5. The maximum Gasteiger partial charge on any atom is 0.416 e. The van der Waals surface area contributed by atoms with Gasteiger partial charge in [-0.3, -0.25) is 4.79 Å². The van der Waals surface area contributed by atoms with Crippen LogP contribution in [0, 0.1) is 5.41 Å². The van der Waals surface area contributed by atoms with E-state index in [-0.39, 0.29) is 31.2 Å². The molecule has 3 atom stereocenters. The molecule has 0 amide bonds. The van der Waals surface area contributed by atoms with Gasteiger partial charge >= 0.3 is 12.1 Å². The number of benzene rings is 1. The van der Waals surface area contributed by atoms with Gasteiger partial charge in [-0.25, -0.2) is 8.78 Å². The number of carbonyl (C=O) groups is 1. The van der Waals surface area contributed by atoms with Crippen molar-refractivity contribution in [2.45, 2.75) is 63.1 Å². The molecular weight excluding hydrogens is 413 g/mol. The Balaban J connectivity index is 2.03. The minimum Gasteiger partial charge on any atom is -0.480 e. The SMILES string of the molecule is CCC1(CCSCCC(N)C(=O)O)CC(C)(c2ccc(C(F)(F)F)cc2)C1(F)F. The fourth-order valence-corrected chi connectivity index (χ4v) is 5.32. The second-order valence-corrected chi connectivity index (χ2v) is 9.11. The highest BCUT2D eigenvalue weighted by atomic mass is 32.2. The summed E-state index contributed by atoms with van der Waals surface area (Å²) >= 11 is 1.39. The highest BCUT2D eigenvalue weighted by Crippen LogP contribution is 2.69. The molecule has 1 aromatic carbocycles. The van der Waals surface area contributed by atoms with Crippen molar-refractivity contribution in [2.75, 3.05) is 11.5 Å². The first-order chi connectivity index (χ1) is 13.3. The summed E-state index contributed by atoms with van der Waals surface area (Å²) < 4.78 is 68.9. The van der Waals surface area contributed by atoms with E-state index in [1.807, 2.05) is 0 Å². The van der Waals surface area contributed by atoms with E-state index in [0.717, 1.165) is 24.3 Å². The normalized spacial score (nSPS) is 27.3. The van der Waals surface area contributed by atoms with Crippen molar-refractivity contribution < 1.29 is 31.9 Å². The average Bonchev–Trinajstić information content (AvgIpc) is 2.65. The van der Waals surface area contributed by atoms with Crippen molar-refractivity contribution in [2.24, 2.45) is 11.1 Å². The largest absolute Gasteiger partial charge is 0.480 e. The summed E-state index contributed by atoms with van der Waals surface area (Å²) in [7, 11) is 0. The van der Waals surface area contributed by atoms with Gasteiger partial charge in [0.15, 0.2) is 0 Å². The molecular formula is C20H26F5NO2S. The number of thioether (sulfide) groups is 1. The Kier molecular flexibility index (Phi) is 6.94. The van der Waals surface area contributed by atoms with Crippen LogP contribution in [0.1, 0.15) is 50.7 Å². The summed E-state index contributed by atoms with van der Waals surface area (Å²) in [6.45, 7) is 3.10. The minimum absolute atomic E-state index is 0.185. The van der Waals surface area contributed by atoms with E-state index in [1.165, 1.54) is 18.7 Å². The molecule has 0 bridgehead atoms. The quantitative estimate of drug-likeness (QED) is 0.404. The van der Waals surface area contributed by atoms with Crippen LogP contribution in [0.5, 0.6) is 0 Å². The lowest BCUT2D eigenvalue weighted by molar-refractivity contribution is -0.266. The smallest absolute Gasteiger partial charge is 0.416 e. The summed E-state index contributed by atoms with van der Waals surface area (Å²) in [6, 6.07) is 3.04. The second-order valence-electron chi connectivity index (χ2n) is 7.89. The van der Waals surface area contributed by atoms with Crippen molar-refractivity contribution in [1.82, 2.24) is 0 Å². The van der Waals surface area contributed by atoms with E-state index >= 15 is 8.78 Å². The summed E-state index contributed by atoms with van der Waals surface area (Å²) in [5, 5.41) is 8.75. The van der Waals surface area contributed by atoms with Crippen molar-refractivity contribution in [3.05, 3.63) is 35.4 Å². The standard InChI is InChI=1S/C20H26F5NO2S/c1-3-18(9-11-29-10-8-15(26)16(27)28)12-17(2,20(18,24)25)13-4-6-14(7-5-13)19(21,22)23/h4-7,15H,3,8-12,26H2,1-2H3,(H,27,28). The number of carboxylic acids is 1. The number of hydrogen-bond acceptors (Lipinski definition) is 3. The first-order valence-electron chi connectivity index (χ1n) is 9.42. The van der Waals surface area contributed by atoms with E-state index < -0.39 is 40.5 Å². The van der Waals surface area contributed by atoms with E-state index in [9.17, 15) is 18.0 Å². The third-order valence-corrected chi connectivity index (χ3v) is 7.21. The highest BCUT2D eigenvalue weighted by Gasteiger charge is 2.73. The zero-order chi connectivity index (χ0) is 22.1. The van der Waals surface area contributed by atoms with E-state index in [1.54, 1.807) is 6.92 Å². The number of carboxylic acid groups (broad SMARTS) is 1. The summed E-state index contributed by atoms with van der Waals surface area (Å²) in [4.78, 5) is 10.7. The van der Waals surface area contributed by atoms with Gasteiger partial charge in [0, 0.05) is 5.41 Å². The first-order valence-corrected chi connectivity index (χ1v) is 10.6. The molecule has 3 nitrogen and oxygen atoms in total. The Morgan fingerprint density at radius 1 is 1.24 bits per heavy atom. The monoisotopic (exact) mass is 439 g/mol. The lowest BCUT2D eigenvalue weighted by atomic mass is 9.46. The number of halogens is 5. The molecule has 164 valence electrons. The van der Waals surface area contributed by atoms with Gasteiger partial charge < -0.3 is 10.8 Å². The Labute approximate surface area is 171 Å². The van der Waals surface area contributed by atoms with Crippen LogP contribution in [0.4, 0.5) is 22.0 Å². The molecule has 0 aliphatic heterocycles. The van der Waals surface area contributed by atoms with Crippen LogP contribution in [0.3, 0.4) is 0 Å². The molecule has 1 aliphatic rings. The van der Waals surface area contributed by atoms with Crippen LogP contribution in [-0.2, 0) is 16.4 Å². The van der Waals surface area contributed by atoms with Gasteiger partial charge in [-0.1, -0.05) is 19.1 Å².